The van der Waals surface area contributed by atoms with Gasteiger partial charge in [-0.1, -0.05) is 12.1 Å². The Hall–Kier alpha value is -4.12. The van der Waals surface area contributed by atoms with Crippen LogP contribution in [0.2, 0.25) is 0 Å². The highest BCUT2D eigenvalue weighted by molar-refractivity contribution is 6.00. The topological polar surface area (TPSA) is 120 Å². The molecule has 0 bridgehead atoms. The van der Waals surface area contributed by atoms with E-state index < -0.39 is 5.97 Å². The zero-order valence-electron chi connectivity index (χ0n) is 18.4. The fourth-order valence-corrected chi connectivity index (χ4v) is 4.94. The van der Waals surface area contributed by atoms with Gasteiger partial charge in [0.05, 0.1) is 18.2 Å². The van der Waals surface area contributed by atoms with Gasteiger partial charge in [0.15, 0.2) is 0 Å². The average molecular weight is 457 g/mol. The molecule has 5 rings (SSSR count). The molecule has 8 heteroatoms. The maximum Gasteiger partial charge on any atom is 0.327 e. The first kappa shape index (κ1) is 21.7. The second kappa shape index (κ2) is 8.34. The summed E-state index contributed by atoms with van der Waals surface area (Å²) in [7, 11) is 0. The molecule has 2 aromatic rings. The van der Waals surface area contributed by atoms with Gasteiger partial charge < -0.3 is 20.1 Å². The van der Waals surface area contributed by atoms with Crippen LogP contribution in [0.1, 0.15) is 36.0 Å². The number of nitrogens with one attached hydrogen (secondary N) is 1. The Kier molecular flexibility index (Phi) is 5.33. The molecular weight excluding hydrogens is 434 g/mol. The van der Waals surface area contributed by atoms with E-state index in [0.29, 0.717) is 50.1 Å². The van der Waals surface area contributed by atoms with E-state index in [0.717, 1.165) is 28.6 Å². The number of carbonyl (C=O) groups is 3. The second-order valence-corrected chi connectivity index (χ2v) is 8.90. The first-order valence-corrected chi connectivity index (χ1v) is 11.2. The molecule has 172 valence electrons. The van der Waals surface area contributed by atoms with Crippen molar-refractivity contribution in [1.29, 1.82) is 5.26 Å². The summed E-state index contributed by atoms with van der Waals surface area (Å²) in [5.41, 5.74) is 3.11. The summed E-state index contributed by atoms with van der Waals surface area (Å²) in [4.78, 5) is 37.8. The van der Waals surface area contributed by atoms with Crippen LogP contribution in [0.15, 0.2) is 48.6 Å². The van der Waals surface area contributed by atoms with E-state index in [1.165, 1.54) is 6.08 Å². The number of rotatable bonds is 6. The van der Waals surface area contributed by atoms with Gasteiger partial charge in [0.2, 0.25) is 11.8 Å². The summed E-state index contributed by atoms with van der Waals surface area (Å²) in [5.74, 6) is -0.596. The van der Waals surface area contributed by atoms with Crippen LogP contribution in [-0.2, 0) is 26.2 Å². The molecule has 2 heterocycles. The van der Waals surface area contributed by atoms with Gasteiger partial charge in [0.1, 0.15) is 5.75 Å². The van der Waals surface area contributed by atoms with Crippen molar-refractivity contribution in [1.82, 2.24) is 0 Å². The first-order valence-electron chi connectivity index (χ1n) is 11.2. The van der Waals surface area contributed by atoms with Crippen LogP contribution in [0.4, 0.5) is 11.4 Å². The lowest BCUT2D eigenvalue weighted by Crippen LogP contribution is -2.43. The number of nitrogens with zero attached hydrogens (tertiary/aromatic N) is 2. The third kappa shape index (κ3) is 3.79. The van der Waals surface area contributed by atoms with Crippen molar-refractivity contribution in [2.24, 2.45) is 5.92 Å². The molecule has 1 aliphatic carbocycles. The fourth-order valence-electron chi connectivity index (χ4n) is 4.94. The predicted octanol–water partition coefficient (Wildman–Crippen LogP) is 3.16. The van der Waals surface area contributed by atoms with Gasteiger partial charge in [-0.3, -0.25) is 9.59 Å². The summed E-state index contributed by atoms with van der Waals surface area (Å²) < 4.78 is 5.84. The number of fused-ring (bicyclic) bond motifs is 2. The van der Waals surface area contributed by atoms with E-state index in [9.17, 15) is 19.6 Å². The molecule has 2 aromatic carbocycles. The van der Waals surface area contributed by atoms with Gasteiger partial charge in [-0.05, 0) is 55.2 Å². The second-order valence-electron chi connectivity index (χ2n) is 8.90. The zero-order chi connectivity index (χ0) is 23.9. The maximum absolute atomic E-state index is 13.3. The Morgan fingerprint density at radius 2 is 2.15 bits per heavy atom. The van der Waals surface area contributed by atoms with E-state index in [1.807, 2.05) is 18.2 Å². The standard InChI is InChI=1S/C26H23N3O5/c27-15-16-4-5-17(2-1-3-24(31)32)21(12-16)28-25(33)20-14-26(20)9-11-34-22-7-6-18(13-19(22)26)29-10-8-23(29)30/h1,3-7,12-13,20H,2,8-11,14H2,(H,28,33)(H,31,32)/t20-,26-/m0/s1. The van der Waals surface area contributed by atoms with Crippen molar-refractivity contribution in [3.63, 3.8) is 0 Å². The third-order valence-electron chi connectivity index (χ3n) is 6.95. The quantitative estimate of drug-likeness (QED) is 0.508. The Bertz CT molecular complexity index is 1280. The van der Waals surface area contributed by atoms with Gasteiger partial charge in [-0.15, -0.1) is 0 Å². The van der Waals surface area contributed by atoms with Crippen LogP contribution in [0.5, 0.6) is 5.75 Å². The predicted molar refractivity (Wildman–Crippen MR) is 124 cm³/mol. The number of carbonyl (C=O) groups excluding carboxylic acids is 2. The molecule has 2 atom stereocenters. The number of ether oxygens (including phenoxy) is 1. The lowest BCUT2D eigenvalue weighted by molar-refractivity contribution is -0.131. The van der Waals surface area contributed by atoms with Gasteiger partial charge >= 0.3 is 5.97 Å². The summed E-state index contributed by atoms with van der Waals surface area (Å²) in [5, 5.41) is 21.1. The lowest BCUT2D eigenvalue weighted by Gasteiger charge is -2.33. The van der Waals surface area contributed by atoms with Crippen molar-refractivity contribution in [2.75, 3.05) is 23.4 Å². The van der Waals surface area contributed by atoms with E-state index >= 15 is 0 Å². The van der Waals surface area contributed by atoms with Gasteiger partial charge in [-0.25, -0.2) is 4.79 Å². The molecule has 2 fully saturated rings. The Labute approximate surface area is 196 Å². The van der Waals surface area contributed by atoms with Crippen LogP contribution >= 0.6 is 0 Å². The summed E-state index contributed by atoms with van der Waals surface area (Å²) in [6, 6.07) is 12.8. The highest BCUT2D eigenvalue weighted by Gasteiger charge is 2.61. The average Bonchev–Trinajstić information content (AvgIpc) is 3.54. The minimum absolute atomic E-state index is 0.0951. The van der Waals surface area contributed by atoms with Crippen LogP contribution in [0.3, 0.4) is 0 Å². The van der Waals surface area contributed by atoms with Crippen LogP contribution < -0.4 is 15.0 Å². The number of hydrogen-bond donors (Lipinski definition) is 2. The minimum Gasteiger partial charge on any atom is -0.493 e. The van der Waals surface area contributed by atoms with Gasteiger partial charge in [0, 0.05) is 47.3 Å². The van der Waals surface area contributed by atoms with Crippen LogP contribution in [-0.4, -0.2) is 36.0 Å². The van der Waals surface area contributed by atoms with E-state index in [4.69, 9.17) is 9.84 Å². The molecule has 34 heavy (non-hydrogen) atoms. The molecule has 1 spiro atoms. The SMILES string of the molecule is N#Cc1ccc(CC=CC(=O)O)c(NC(=O)[C@@H]2C[C@]23CCOc2ccc(N4CCC4=O)cc23)c1. The van der Waals surface area contributed by atoms with E-state index in [-0.39, 0.29) is 23.1 Å². The number of aliphatic carboxylic acids is 1. The number of amides is 2. The number of carboxylic acids is 1. The molecule has 3 aliphatic rings. The van der Waals surface area contributed by atoms with Crippen molar-refractivity contribution < 1.29 is 24.2 Å². The number of hydrogen-bond acceptors (Lipinski definition) is 5. The van der Waals surface area contributed by atoms with Gasteiger partial charge in [0.25, 0.3) is 0 Å². The summed E-state index contributed by atoms with van der Waals surface area (Å²) in [6.45, 7) is 1.22. The maximum atomic E-state index is 13.3. The molecule has 1 saturated carbocycles. The summed E-state index contributed by atoms with van der Waals surface area (Å²) in [6.07, 6.45) is 4.81. The van der Waals surface area contributed by atoms with E-state index in [1.54, 1.807) is 23.1 Å². The minimum atomic E-state index is -1.04. The van der Waals surface area contributed by atoms with Crippen molar-refractivity contribution in [2.45, 2.75) is 31.1 Å². The molecule has 0 radical (unpaired) electrons. The number of β-lactam (4-membered cyclic amide) rings is 1. The molecule has 8 nitrogen and oxygen atoms in total. The van der Waals surface area contributed by atoms with Gasteiger partial charge in [-0.2, -0.15) is 5.26 Å². The number of allylic oxidation sites excluding steroid dienone is 1. The van der Waals surface area contributed by atoms with Crippen LogP contribution in [0, 0.1) is 17.2 Å². The van der Waals surface area contributed by atoms with Crippen molar-refractivity contribution >= 4 is 29.2 Å². The van der Waals surface area contributed by atoms with Crippen LogP contribution in [0.25, 0.3) is 0 Å². The third-order valence-corrected chi connectivity index (χ3v) is 6.95. The van der Waals surface area contributed by atoms with Crippen molar-refractivity contribution in [3.8, 4) is 11.8 Å². The molecule has 2 aliphatic heterocycles. The van der Waals surface area contributed by atoms with E-state index in [2.05, 4.69) is 11.4 Å². The number of carboxylic acid groups (broad SMARTS) is 1. The Morgan fingerprint density at radius 3 is 2.85 bits per heavy atom. The lowest BCUT2D eigenvalue weighted by atomic mass is 9.86. The molecular formula is C26H23N3O5. The normalized spacial score (nSPS) is 22.5. The molecule has 0 aromatic heterocycles. The fraction of sp³-hybridized carbons (Fsp3) is 0.308. The highest BCUT2D eigenvalue weighted by atomic mass is 16.5. The Balaban J connectivity index is 1.38. The monoisotopic (exact) mass is 457 g/mol. The summed E-state index contributed by atoms with van der Waals surface area (Å²) >= 11 is 0. The molecule has 1 saturated heterocycles. The highest BCUT2D eigenvalue weighted by Crippen LogP contribution is 2.61. The molecule has 2 amide bonds. The first-order chi connectivity index (χ1) is 16.4. The number of nitriles is 1. The molecule has 2 N–H and O–H groups in total. The zero-order valence-corrected chi connectivity index (χ0v) is 18.4. The van der Waals surface area contributed by atoms with Crippen molar-refractivity contribution in [3.05, 3.63) is 65.2 Å². The largest absolute Gasteiger partial charge is 0.493 e. The number of benzene rings is 2. The smallest absolute Gasteiger partial charge is 0.327 e. The Morgan fingerprint density at radius 1 is 1.29 bits per heavy atom. The number of anilines is 2. The molecule has 0 unspecified atom stereocenters.